The van der Waals surface area contributed by atoms with E-state index in [9.17, 15) is 0 Å². The summed E-state index contributed by atoms with van der Waals surface area (Å²) < 4.78 is 18.6. The third-order valence-electron chi connectivity index (χ3n) is 5.99. The molecule has 0 fully saturated rings. The molecule has 0 aliphatic rings. The Hall–Kier alpha value is -3.72. The summed E-state index contributed by atoms with van der Waals surface area (Å²) in [4.78, 5) is 0. The first-order valence-electron chi connectivity index (χ1n) is 11.7. The van der Waals surface area contributed by atoms with E-state index in [1.807, 2.05) is 26.8 Å². The van der Waals surface area contributed by atoms with Crippen molar-refractivity contribution in [3.8, 4) is 28.4 Å². The van der Waals surface area contributed by atoms with Gasteiger partial charge in [-0.2, -0.15) is 0 Å². The largest absolute Gasteiger partial charge is 0.493 e. The lowest BCUT2D eigenvalue weighted by Crippen LogP contribution is -2.00. The average molecular weight is 437 g/mol. The lowest BCUT2D eigenvalue weighted by Gasteiger charge is -2.21. The molecule has 0 spiro atoms. The van der Waals surface area contributed by atoms with Crippen LogP contribution in [0.5, 0.6) is 17.2 Å². The van der Waals surface area contributed by atoms with E-state index in [0.29, 0.717) is 19.8 Å². The van der Waals surface area contributed by atoms with E-state index in [1.54, 1.807) is 0 Å². The minimum absolute atomic E-state index is 0.581. The fourth-order valence-corrected chi connectivity index (χ4v) is 4.75. The van der Waals surface area contributed by atoms with Crippen molar-refractivity contribution in [2.75, 3.05) is 19.8 Å². The van der Waals surface area contributed by atoms with Gasteiger partial charge < -0.3 is 14.2 Å². The van der Waals surface area contributed by atoms with Crippen LogP contribution >= 0.6 is 0 Å². The Bertz CT molecular complexity index is 1400. The lowest BCUT2D eigenvalue weighted by molar-refractivity contribution is 0.338. The first kappa shape index (κ1) is 21.1. The second kappa shape index (κ2) is 9.03. The standard InChI is InChI=1S/C30H28O3/c1-4-31-27-19-26(30(33-6-3)23-16-10-7-13-20(23)27)28-21-14-8-11-17-24(21)29(32-5-2)25-18-12-9-15-22(25)28/h7-19H,4-6H2,1-3H3. The number of ether oxygens (including phenoxy) is 3. The summed E-state index contributed by atoms with van der Waals surface area (Å²) in [5.74, 6) is 2.68. The van der Waals surface area contributed by atoms with Crippen LogP contribution in [0.3, 0.4) is 0 Å². The lowest BCUT2D eigenvalue weighted by atomic mass is 9.89. The number of fused-ring (bicyclic) bond motifs is 3. The van der Waals surface area contributed by atoms with Crippen LogP contribution in [0.1, 0.15) is 20.8 Å². The predicted molar refractivity (Wildman–Crippen MR) is 138 cm³/mol. The molecule has 0 N–H and O–H groups in total. The molecule has 166 valence electrons. The molecule has 0 bridgehead atoms. The zero-order chi connectivity index (χ0) is 22.8. The third kappa shape index (κ3) is 3.54. The molecule has 0 saturated carbocycles. The Morgan fingerprint density at radius 1 is 0.485 bits per heavy atom. The number of benzene rings is 5. The Morgan fingerprint density at radius 3 is 1.42 bits per heavy atom. The molecule has 0 atom stereocenters. The number of hydrogen-bond acceptors (Lipinski definition) is 3. The maximum Gasteiger partial charge on any atom is 0.135 e. The molecule has 0 unspecified atom stereocenters. The van der Waals surface area contributed by atoms with Gasteiger partial charge in [-0.1, -0.05) is 72.8 Å². The SMILES string of the molecule is CCOc1cc(-c2c3ccccc3c(OCC)c3ccccc23)c(OCC)c2ccccc12. The van der Waals surface area contributed by atoms with Crippen LogP contribution in [0.25, 0.3) is 43.4 Å². The van der Waals surface area contributed by atoms with Crippen molar-refractivity contribution in [1.29, 1.82) is 0 Å². The average Bonchev–Trinajstić information content (AvgIpc) is 2.86. The van der Waals surface area contributed by atoms with Gasteiger partial charge in [-0.05, 0) is 37.6 Å². The van der Waals surface area contributed by atoms with Gasteiger partial charge in [-0.3, -0.25) is 0 Å². The molecule has 0 aliphatic heterocycles. The number of rotatable bonds is 7. The van der Waals surface area contributed by atoms with E-state index < -0.39 is 0 Å². The first-order valence-corrected chi connectivity index (χ1v) is 11.7. The van der Waals surface area contributed by atoms with Crippen molar-refractivity contribution in [2.45, 2.75) is 20.8 Å². The third-order valence-corrected chi connectivity index (χ3v) is 5.99. The molecule has 5 aromatic carbocycles. The maximum atomic E-state index is 6.33. The van der Waals surface area contributed by atoms with Gasteiger partial charge >= 0.3 is 0 Å². The van der Waals surface area contributed by atoms with Gasteiger partial charge in [0.05, 0.1) is 19.8 Å². The van der Waals surface area contributed by atoms with Gasteiger partial charge in [0, 0.05) is 32.7 Å². The molecular weight excluding hydrogens is 408 g/mol. The molecule has 0 aromatic heterocycles. The van der Waals surface area contributed by atoms with Crippen molar-refractivity contribution < 1.29 is 14.2 Å². The van der Waals surface area contributed by atoms with Crippen molar-refractivity contribution in [1.82, 2.24) is 0 Å². The van der Waals surface area contributed by atoms with Crippen molar-refractivity contribution in [3.05, 3.63) is 78.9 Å². The summed E-state index contributed by atoms with van der Waals surface area (Å²) in [5, 5.41) is 6.59. The van der Waals surface area contributed by atoms with Crippen LogP contribution in [-0.2, 0) is 0 Å². The van der Waals surface area contributed by atoms with Crippen LogP contribution in [0.15, 0.2) is 78.9 Å². The van der Waals surface area contributed by atoms with E-state index in [2.05, 4.69) is 72.8 Å². The van der Waals surface area contributed by atoms with Gasteiger partial charge in [0.25, 0.3) is 0 Å². The molecule has 0 aliphatic carbocycles. The van der Waals surface area contributed by atoms with Crippen LogP contribution in [-0.4, -0.2) is 19.8 Å². The van der Waals surface area contributed by atoms with Gasteiger partial charge in [-0.25, -0.2) is 0 Å². The Morgan fingerprint density at radius 2 is 0.909 bits per heavy atom. The monoisotopic (exact) mass is 436 g/mol. The van der Waals surface area contributed by atoms with Crippen LogP contribution < -0.4 is 14.2 Å². The maximum absolute atomic E-state index is 6.33. The van der Waals surface area contributed by atoms with E-state index in [4.69, 9.17) is 14.2 Å². The summed E-state index contributed by atoms with van der Waals surface area (Å²) in [5.41, 5.74) is 2.18. The fraction of sp³-hybridized carbons (Fsp3) is 0.200. The molecule has 0 amide bonds. The molecule has 0 saturated heterocycles. The Balaban J connectivity index is 1.98. The highest BCUT2D eigenvalue weighted by Gasteiger charge is 2.21. The second-order valence-electron chi connectivity index (χ2n) is 7.89. The Kier molecular flexibility index (Phi) is 5.78. The minimum Gasteiger partial charge on any atom is -0.493 e. The number of hydrogen-bond donors (Lipinski definition) is 0. The highest BCUT2D eigenvalue weighted by atomic mass is 16.5. The van der Waals surface area contributed by atoms with E-state index in [-0.39, 0.29) is 0 Å². The van der Waals surface area contributed by atoms with Crippen molar-refractivity contribution >= 4 is 32.3 Å². The van der Waals surface area contributed by atoms with Crippen molar-refractivity contribution in [2.24, 2.45) is 0 Å². The summed E-state index contributed by atoms with van der Waals surface area (Å²) in [6.07, 6.45) is 0. The highest BCUT2D eigenvalue weighted by Crippen LogP contribution is 2.49. The summed E-state index contributed by atoms with van der Waals surface area (Å²) >= 11 is 0. The molecule has 0 radical (unpaired) electrons. The van der Waals surface area contributed by atoms with Crippen LogP contribution in [0.4, 0.5) is 0 Å². The van der Waals surface area contributed by atoms with Gasteiger partial charge in [0.2, 0.25) is 0 Å². The molecule has 5 rings (SSSR count). The van der Waals surface area contributed by atoms with E-state index in [0.717, 1.165) is 60.7 Å². The minimum atomic E-state index is 0.581. The van der Waals surface area contributed by atoms with Crippen LogP contribution in [0, 0.1) is 0 Å². The smallest absolute Gasteiger partial charge is 0.135 e. The van der Waals surface area contributed by atoms with E-state index in [1.165, 1.54) is 0 Å². The second-order valence-corrected chi connectivity index (χ2v) is 7.89. The Labute approximate surface area is 194 Å². The zero-order valence-electron chi connectivity index (χ0n) is 19.4. The van der Waals surface area contributed by atoms with Crippen LogP contribution in [0.2, 0.25) is 0 Å². The van der Waals surface area contributed by atoms with Gasteiger partial charge in [0.15, 0.2) is 0 Å². The predicted octanol–water partition coefficient (Wildman–Crippen LogP) is 8.01. The summed E-state index contributed by atoms with van der Waals surface area (Å²) in [6, 6.07) is 27.4. The zero-order valence-corrected chi connectivity index (χ0v) is 19.4. The van der Waals surface area contributed by atoms with Gasteiger partial charge in [-0.15, -0.1) is 0 Å². The molecule has 33 heavy (non-hydrogen) atoms. The fourth-order valence-electron chi connectivity index (χ4n) is 4.75. The molecular formula is C30H28O3. The topological polar surface area (TPSA) is 27.7 Å². The quantitative estimate of drug-likeness (QED) is 0.242. The van der Waals surface area contributed by atoms with E-state index >= 15 is 0 Å². The summed E-state index contributed by atoms with van der Waals surface area (Å²) in [6.45, 7) is 7.88. The molecule has 3 heteroatoms. The molecule has 5 aromatic rings. The van der Waals surface area contributed by atoms with Crippen molar-refractivity contribution in [3.63, 3.8) is 0 Å². The summed E-state index contributed by atoms with van der Waals surface area (Å²) in [7, 11) is 0. The first-order chi connectivity index (χ1) is 16.3. The molecule has 0 heterocycles. The normalized spacial score (nSPS) is 11.2. The van der Waals surface area contributed by atoms with Gasteiger partial charge in [0.1, 0.15) is 17.2 Å². The highest BCUT2D eigenvalue weighted by molar-refractivity contribution is 6.19. The molecule has 3 nitrogen and oxygen atoms in total.